The highest BCUT2D eigenvalue weighted by atomic mass is 16.6. The lowest BCUT2D eigenvalue weighted by molar-refractivity contribution is -0.384. The normalized spacial score (nSPS) is 22.1. The molecule has 1 fully saturated rings. The smallest absolute Gasteiger partial charge is 0.270 e. The molecule has 3 N–H and O–H groups in total. The summed E-state index contributed by atoms with van der Waals surface area (Å²) in [7, 11) is 0. The standard InChI is InChI=1S/C13H17N3O5/c1-8-5-15(6-10(7-17)21-8)13(18)11-4-9(16(19)20)2-3-12(11)14/h2-4,8,10,17H,5-7,14H2,1H3. The van der Waals surface area contributed by atoms with Gasteiger partial charge in [0.05, 0.1) is 29.3 Å². The van der Waals surface area contributed by atoms with Gasteiger partial charge in [-0.05, 0) is 13.0 Å². The molecular weight excluding hydrogens is 278 g/mol. The van der Waals surface area contributed by atoms with E-state index in [4.69, 9.17) is 10.5 Å². The molecule has 1 aliphatic heterocycles. The number of aliphatic hydroxyl groups excluding tert-OH is 1. The third-order valence-electron chi connectivity index (χ3n) is 3.30. The number of non-ortho nitro benzene ring substituents is 1. The highest BCUT2D eigenvalue weighted by Crippen LogP contribution is 2.23. The monoisotopic (exact) mass is 295 g/mol. The van der Waals surface area contributed by atoms with E-state index in [0.717, 1.165) is 0 Å². The number of hydrogen-bond acceptors (Lipinski definition) is 6. The van der Waals surface area contributed by atoms with Crippen molar-refractivity contribution in [2.45, 2.75) is 19.1 Å². The SMILES string of the molecule is CC1CN(C(=O)c2cc([N+](=O)[O-])ccc2N)CC(CO)O1. The molecule has 21 heavy (non-hydrogen) atoms. The topological polar surface area (TPSA) is 119 Å². The van der Waals surface area contributed by atoms with Gasteiger partial charge in [0, 0.05) is 30.9 Å². The average Bonchev–Trinajstić information content (AvgIpc) is 2.46. The highest BCUT2D eigenvalue weighted by molar-refractivity contribution is 5.99. The summed E-state index contributed by atoms with van der Waals surface area (Å²) in [5.74, 6) is -0.398. The molecule has 1 aliphatic rings. The Hall–Kier alpha value is -2.19. The van der Waals surface area contributed by atoms with E-state index >= 15 is 0 Å². The maximum Gasteiger partial charge on any atom is 0.270 e. The zero-order valence-corrected chi connectivity index (χ0v) is 11.6. The van der Waals surface area contributed by atoms with Crippen LogP contribution in [0.1, 0.15) is 17.3 Å². The molecule has 8 heteroatoms. The van der Waals surface area contributed by atoms with Crippen molar-refractivity contribution < 1.29 is 19.6 Å². The summed E-state index contributed by atoms with van der Waals surface area (Å²) in [6.07, 6.45) is -0.683. The molecule has 0 aromatic heterocycles. The Bertz CT molecular complexity index is 563. The van der Waals surface area contributed by atoms with Crippen LogP contribution in [0.2, 0.25) is 0 Å². The van der Waals surface area contributed by atoms with Crippen LogP contribution in [0.3, 0.4) is 0 Å². The van der Waals surface area contributed by atoms with Gasteiger partial charge in [-0.25, -0.2) is 0 Å². The predicted molar refractivity (Wildman–Crippen MR) is 74.8 cm³/mol. The second-order valence-corrected chi connectivity index (χ2v) is 4.99. The maximum absolute atomic E-state index is 12.5. The molecule has 2 unspecified atom stereocenters. The molecule has 0 saturated carbocycles. The Balaban J connectivity index is 2.26. The zero-order valence-electron chi connectivity index (χ0n) is 11.6. The van der Waals surface area contributed by atoms with Crippen molar-refractivity contribution in [3.8, 4) is 0 Å². The lowest BCUT2D eigenvalue weighted by Gasteiger charge is -2.36. The first kappa shape index (κ1) is 15.2. The van der Waals surface area contributed by atoms with Crippen LogP contribution >= 0.6 is 0 Å². The van der Waals surface area contributed by atoms with Gasteiger partial charge >= 0.3 is 0 Å². The van der Waals surface area contributed by atoms with Crippen LogP contribution in [-0.4, -0.2) is 52.7 Å². The first-order chi connectivity index (χ1) is 9.92. The number of carbonyl (C=O) groups is 1. The lowest BCUT2D eigenvalue weighted by atomic mass is 10.1. The van der Waals surface area contributed by atoms with Gasteiger partial charge in [-0.15, -0.1) is 0 Å². The average molecular weight is 295 g/mol. The molecule has 8 nitrogen and oxygen atoms in total. The summed E-state index contributed by atoms with van der Waals surface area (Å²) in [6, 6.07) is 3.77. The molecule has 1 amide bonds. The number of carbonyl (C=O) groups excluding carboxylic acids is 1. The van der Waals surface area contributed by atoms with Gasteiger partial charge in [0.15, 0.2) is 0 Å². The predicted octanol–water partition coefficient (Wildman–Crippen LogP) is 0.399. The number of benzene rings is 1. The second kappa shape index (κ2) is 6.06. The Kier molecular flexibility index (Phi) is 4.39. The molecule has 2 rings (SSSR count). The Morgan fingerprint density at radius 2 is 2.29 bits per heavy atom. The molecule has 1 saturated heterocycles. The van der Waals surface area contributed by atoms with E-state index in [1.807, 2.05) is 0 Å². The van der Waals surface area contributed by atoms with Crippen molar-refractivity contribution in [3.05, 3.63) is 33.9 Å². The Labute approximate surface area is 121 Å². The fourth-order valence-electron chi connectivity index (χ4n) is 2.33. The third-order valence-corrected chi connectivity index (χ3v) is 3.30. The van der Waals surface area contributed by atoms with E-state index in [-0.39, 0.29) is 36.2 Å². The number of nitrogens with zero attached hydrogens (tertiary/aromatic N) is 2. The summed E-state index contributed by atoms with van der Waals surface area (Å²) >= 11 is 0. The minimum Gasteiger partial charge on any atom is -0.398 e. The molecule has 1 aromatic rings. The van der Waals surface area contributed by atoms with Crippen LogP contribution < -0.4 is 5.73 Å². The number of nitrogen functional groups attached to an aromatic ring is 1. The summed E-state index contributed by atoms with van der Waals surface area (Å²) in [6.45, 7) is 2.16. The van der Waals surface area contributed by atoms with E-state index < -0.39 is 16.9 Å². The van der Waals surface area contributed by atoms with Gasteiger partial charge < -0.3 is 20.5 Å². The van der Waals surface area contributed by atoms with E-state index in [1.165, 1.54) is 23.1 Å². The van der Waals surface area contributed by atoms with Crippen molar-refractivity contribution in [1.82, 2.24) is 4.90 Å². The molecule has 114 valence electrons. The number of nitrogens with two attached hydrogens (primary N) is 1. The van der Waals surface area contributed by atoms with Crippen molar-refractivity contribution >= 4 is 17.3 Å². The van der Waals surface area contributed by atoms with Crippen LogP contribution in [0.5, 0.6) is 0 Å². The van der Waals surface area contributed by atoms with Gasteiger partial charge in [0.25, 0.3) is 11.6 Å². The number of amides is 1. The molecule has 0 aliphatic carbocycles. The molecule has 1 aromatic carbocycles. The van der Waals surface area contributed by atoms with Crippen molar-refractivity contribution in [2.24, 2.45) is 0 Å². The number of anilines is 1. The van der Waals surface area contributed by atoms with Crippen LogP contribution in [0.4, 0.5) is 11.4 Å². The van der Waals surface area contributed by atoms with Gasteiger partial charge in [-0.2, -0.15) is 0 Å². The minimum absolute atomic E-state index is 0.0926. The summed E-state index contributed by atoms with van der Waals surface area (Å²) < 4.78 is 5.46. The molecule has 0 bridgehead atoms. The van der Waals surface area contributed by atoms with Crippen molar-refractivity contribution in [2.75, 3.05) is 25.4 Å². The number of aliphatic hydroxyl groups is 1. The molecular formula is C13H17N3O5. The van der Waals surface area contributed by atoms with Crippen molar-refractivity contribution in [3.63, 3.8) is 0 Å². The molecule has 0 radical (unpaired) electrons. The van der Waals surface area contributed by atoms with E-state index in [0.29, 0.717) is 6.54 Å². The molecule has 2 atom stereocenters. The van der Waals surface area contributed by atoms with Crippen LogP contribution in [0, 0.1) is 10.1 Å². The van der Waals surface area contributed by atoms with Gasteiger partial charge in [0.1, 0.15) is 0 Å². The highest BCUT2D eigenvalue weighted by Gasteiger charge is 2.30. The maximum atomic E-state index is 12.5. The third kappa shape index (κ3) is 3.29. The fourth-order valence-corrected chi connectivity index (χ4v) is 2.33. The zero-order chi connectivity index (χ0) is 15.6. The van der Waals surface area contributed by atoms with Crippen LogP contribution in [-0.2, 0) is 4.74 Å². The number of morpholine rings is 1. The minimum atomic E-state index is -0.575. The number of hydrogen-bond donors (Lipinski definition) is 2. The van der Waals surface area contributed by atoms with E-state index in [2.05, 4.69) is 0 Å². The number of nitro benzene ring substituents is 1. The van der Waals surface area contributed by atoms with Crippen LogP contribution in [0.25, 0.3) is 0 Å². The Morgan fingerprint density at radius 1 is 1.57 bits per heavy atom. The van der Waals surface area contributed by atoms with Gasteiger partial charge in [-0.3, -0.25) is 14.9 Å². The summed E-state index contributed by atoms with van der Waals surface area (Å²) in [5, 5.41) is 20.0. The van der Waals surface area contributed by atoms with E-state index in [1.54, 1.807) is 6.92 Å². The lowest BCUT2D eigenvalue weighted by Crippen LogP contribution is -2.50. The number of rotatable bonds is 3. The number of ether oxygens (including phenoxy) is 1. The molecule has 1 heterocycles. The summed E-state index contributed by atoms with van der Waals surface area (Å²) in [4.78, 5) is 24.2. The quantitative estimate of drug-likeness (QED) is 0.473. The fraction of sp³-hybridized carbons (Fsp3) is 0.462. The number of nitro groups is 1. The van der Waals surface area contributed by atoms with Gasteiger partial charge in [0.2, 0.25) is 0 Å². The second-order valence-electron chi connectivity index (χ2n) is 4.99. The largest absolute Gasteiger partial charge is 0.398 e. The van der Waals surface area contributed by atoms with Gasteiger partial charge in [-0.1, -0.05) is 0 Å². The first-order valence-corrected chi connectivity index (χ1v) is 6.52. The van der Waals surface area contributed by atoms with E-state index in [9.17, 15) is 20.0 Å². The summed E-state index contributed by atoms with van der Waals surface area (Å²) in [5.41, 5.74) is 5.84. The first-order valence-electron chi connectivity index (χ1n) is 6.52. The molecule has 0 spiro atoms. The Morgan fingerprint density at radius 3 is 2.90 bits per heavy atom. The van der Waals surface area contributed by atoms with Crippen LogP contribution in [0.15, 0.2) is 18.2 Å². The van der Waals surface area contributed by atoms with Crippen molar-refractivity contribution in [1.29, 1.82) is 0 Å².